The fourth-order valence-electron chi connectivity index (χ4n) is 2.78. The first-order valence-corrected chi connectivity index (χ1v) is 8.70. The normalized spacial score (nSPS) is 10.3. The molecular formula is C21H27N3O2. The third kappa shape index (κ3) is 5.09. The molecule has 2 rings (SSSR count). The predicted octanol–water partition coefficient (Wildman–Crippen LogP) is 3.75. The van der Waals surface area contributed by atoms with Gasteiger partial charge in [0.15, 0.2) is 0 Å². The summed E-state index contributed by atoms with van der Waals surface area (Å²) in [5, 5.41) is 2.92. The van der Waals surface area contributed by atoms with E-state index in [9.17, 15) is 9.59 Å². The number of rotatable bonds is 6. The van der Waals surface area contributed by atoms with Gasteiger partial charge in [-0.3, -0.25) is 9.59 Å². The Labute approximate surface area is 155 Å². The fourth-order valence-corrected chi connectivity index (χ4v) is 2.78. The summed E-state index contributed by atoms with van der Waals surface area (Å²) in [7, 11) is 3.93. The van der Waals surface area contributed by atoms with Gasteiger partial charge >= 0.3 is 0 Å². The van der Waals surface area contributed by atoms with Crippen LogP contribution in [-0.4, -0.2) is 32.5 Å². The van der Waals surface area contributed by atoms with Gasteiger partial charge in [-0.2, -0.15) is 0 Å². The number of anilines is 3. The summed E-state index contributed by atoms with van der Waals surface area (Å²) in [5.41, 5.74) is 4.85. The smallest absolute Gasteiger partial charge is 0.226 e. The van der Waals surface area contributed by atoms with E-state index < -0.39 is 0 Å². The molecular weight excluding hydrogens is 326 g/mol. The Balaban J connectivity index is 2.01. The Morgan fingerprint density at radius 3 is 2.12 bits per heavy atom. The van der Waals surface area contributed by atoms with Crippen molar-refractivity contribution in [3.05, 3.63) is 53.6 Å². The van der Waals surface area contributed by atoms with Gasteiger partial charge in [-0.05, 0) is 49.7 Å². The highest BCUT2D eigenvalue weighted by Crippen LogP contribution is 2.20. The molecule has 1 N–H and O–H groups in total. The van der Waals surface area contributed by atoms with Crippen LogP contribution in [0.3, 0.4) is 0 Å². The first-order chi connectivity index (χ1) is 12.3. The molecule has 138 valence electrons. The van der Waals surface area contributed by atoms with E-state index in [1.807, 2.05) is 75.3 Å². The van der Waals surface area contributed by atoms with Gasteiger partial charge in [-0.1, -0.05) is 17.7 Å². The zero-order valence-corrected chi connectivity index (χ0v) is 16.2. The van der Waals surface area contributed by atoms with Crippen LogP contribution in [0.25, 0.3) is 0 Å². The van der Waals surface area contributed by atoms with Gasteiger partial charge < -0.3 is 15.1 Å². The van der Waals surface area contributed by atoms with Crippen molar-refractivity contribution in [3.63, 3.8) is 0 Å². The quantitative estimate of drug-likeness (QED) is 0.860. The van der Waals surface area contributed by atoms with E-state index in [0.717, 1.165) is 28.2 Å². The number of hydrogen-bond donors (Lipinski definition) is 1. The van der Waals surface area contributed by atoms with Gasteiger partial charge in [-0.25, -0.2) is 0 Å². The van der Waals surface area contributed by atoms with Crippen molar-refractivity contribution in [1.29, 1.82) is 0 Å². The standard InChI is InChI=1S/C21H27N3O2/c1-15-6-11-20(16(2)14-15)22-21(26)12-13-24(17(3)25)19-9-7-18(8-10-19)23(4)5/h6-11,14H,12-13H2,1-5H3,(H,22,26). The number of nitrogens with zero attached hydrogens (tertiary/aromatic N) is 2. The molecule has 26 heavy (non-hydrogen) atoms. The summed E-state index contributed by atoms with van der Waals surface area (Å²) in [6, 6.07) is 13.6. The Morgan fingerprint density at radius 1 is 0.962 bits per heavy atom. The molecule has 0 heterocycles. The van der Waals surface area contributed by atoms with Crippen LogP contribution in [0.5, 0.6) is 0 Å². The van der Waals surface area contributed by atoms with Crippen LogP contribution in [0.2, 0.25) is 0 Å². The number of aryl methyl sites for hydroxylation is 2. The molecule has 0 unspecified atom stereocenters. The zero-order chi connectivity index (χ0) is 19.3. The molecule has 0 atom stereocenters. The van der Waals surface area contributed by atoms with Gasteiger partial charge in [0.05, 0.1) is 0 Å². The van der Waals surface area contributed by atoms with Crippen molar-refractivity contribution in [2.75, 3.05) is 35.8 Å². The van der Waals surface area contributed by atoms with E-state index in [-0.39, 0.29) is 18.2 Å². The molecule has 0 saturated heterocycles. The lowest BCUT2D eigenvalue weighted by Crippen LogP contribution is -2.32. The van der Waals surface area contributed by atoms with Crippen molar-refractivity contribution in [3.8, 4) is 0 Å². The van der Waals surface area contributed by atoms with Gasteiger partial charge in [0.1, 0.15) is 0 Å². The minimum Gasteiger partial charge on any atom is -0.378 e. The van der Waals surface area contributed by atoms with Gasteiger partial charge in [0.25, 0.3) is 0 Å². The molecule has 5 heteroatoms. The molecule has 0 radical (unpaired) electrons. The molecule has 0 saturated carbocycles. The molecule has 0 aliphatic rings. The molecule has 2 aromatic rings. The lowest BCUT2D eigenvalue weighted by Gasteiger charge is -2.22. The van der Waals surface area contributed by atoms with Crippen LogP contribution >= 0.6 is 0 Å². The van der Waals surface area contributed by atoms with Crippen molar-refractivity contribution in [2.45, 2.75) is 27.2 Å². The Hall–Kier alpha value is -2.82. The monoisotopic (exact) mass is 353 g/mol. The minimum atomic E-state index is -0.104. The summed E-state index contributed by atoms with van der Waals surface area (Å²) in [6.45, 7) is 5.84. The molecule has 0 aromatic heterocycles. The van der Waals surface area contributed by atoms with Crippen molar-refractivity contribution in [1.82, 2.24) is 0 Å². The summed E-state index contributed by atoms with van der Waals surface area (Å²) < 4.78 is 0. The lowest BCUT2D eigenvalue weighted by molar-refractivity contribution is -0.117. The molecule has 2 aromatic carbocycles. The van der Waals surface area contributed by atoms with Crippen LogP contribution < -0.4 is 15.1 Å². The number of hydrogen-bond acceptors (Lipinski definition) is 3. The number of amides is 2. The first-order valence-electron chi connectivity index (χ1n) is 8.70. The Kier molecular flexibility index (Phi) is 6.39. The average molecular weight is 353 g/mol. The van der Waals surface area contributed by atoms with Crippen LogP contribution in [0.4, 0.5) is 17.1 Å². The van der Waals surface area contributed by atoms with Gasteiger partial charge in [0.2, 0.25) is 11.8 Å². The van der Waals surface area contributed by atoms with E-state index in [4.69, 9.17) is 0 Å². The average Bonchev–Trinajstić information content (AvgIpc) is 2.57. The maximum absolute atomic E-state index is 12.3. The number of carbonyl (C=O) groups excluding carboxylic acids is 2. The van der Waals surface area contributed by atoms with E-state index in [2.05, 4.69) is 5.32 Å². The zero-order valence-electron chi connectivity index (χ0n) is 16.2. The van der Waals surface area contributed by atoms with Gasteiger partial charge in [-0.15, -0.1) is 0 Å². The van der Waals surface area contributed by atoms with E-state index >= 15 is 0 Å². The third-order valence-electron chi connectivity index (χ3n) is 4.28. The van der Waals surface area contributed by atoms with E-state index in [0.29, 0.717) is 6.54 Å². The highest BCUT2D eigenvalue weighted by molar-refractivity contribution is 5.95. The molecule has 0 fully saturated rings. The van der Waals surface area contributed by atoms with Crippen molar-refractivity contribution in [2.24, 2.45) is 0 Å². The highest BCUT2D eigenvalue weighted by Gasteiger charge is 2.14. The SMILES string of the molecule is CC(=O)N(CCC(=O)Nc1ccc(C)cc1C)c1ccc(N(C)C)cc1. The topological polar surface area (TPSA) is 52.7 Å². The lowest BCUT2D eigenvalue weighted by atomic mass is 10.1. The number of benzene rings is 2. The maximum atomic E-state index is 12.3. The molecule has 5 nitrogen and oxygen atoms in total. The molecule has 0 spiro atoms. The second kappa shape index (κ2) is 8.52. The van der Waals surface area contributed by atoms with Crippen molar-refractivity contribution < 1.29 is 9.59 Å². The van der Waals surface area contributed by atoms with Crippen LogP contribution in [-0.2, 0) is 9.59 Å². The first kappa shape index (κ1) is 19.5. The second-order valence-corrected chi connectivity index (χ2v) is 6.70. The third-order valence-corrected chi connectivity index (χ3v) is 4.28. The molecule has 0 bridgehead atoms. The summed E-state index contributed by atoms with van der Waals surface area (Å²) in [6.07, 6.45) is 0.238. The number of nitrogens with one attached hydrogen (secondary N) is 1. The summed E-state index contributed by atoms with van der Waals surface area (Å²) in [4.78, 5) is 27.9. The summed E-state index contributed by atoms with van der Waals surface area (Å²) in [5.74, 6) is -0.185. The molecule has 0 aliphatic heterocycles. The fraction of sp³-hybridized carbons (Fsp3) is 0.333. The minimum absolute atomic E-state index is 0.0816. The van der Waals surface area contributed by atoms with Gasteiger partial charge in [0, 0.05) is 51.0 Å². The Bertz CT molecular complexity index is 782. The van der Waals surface area contributed by atoms with Crippen LogP contribution in [0.1, 0.15) is 24.5 Å². The molecule has 2 amide bonds. The van der Waals surface area contributed by atoms with E-state index in [1.165, 1.54) is 6.92 Å². The maximum Gasteiger partial charge on any atom is 0.226 e. The second-order valence-electron chi connectivity index (χ2n) is 6.70. The van der Waals surface area contributed by atoms with Crippen LogP contribution in [0, 0.1) is 13.8 Å². The predicted molar refractivity (Wildman–Crippen MR) is 108 cm³/mol. The van der Waals surface area contributed by atoms with Crippen LogP contribution in [0.15, 0.2) is 42.5 Å². The molecule has 0 aliphatic carbocycles. The van der Waals surface area contributed by atoms with E-state index in [1.54, 1.807) is 4.90 Å². The summed E-state index contributed by atoms with van der Waals surface area (Å²) >= 11 is 0. The van der Waals surface area contributed by atoms with Crippen molar-refractivity contribution >= 4 is 28.9 Å². The Morgan fingerprint density at radius 2 is 1.58 bits per heavy atom. The number of carbonyl (C=O) groups is 2. The largest absolute Gasteiger partial charge is 0.378 e. The highest BCUT2D eigenvalue weighted by atomic mass is 16.2.